The zero-order valence-corrected chi connectivity index (χ0v) is 13.0. The van der Waals surface area contributed by atoms with E-state index in [0.29, 0.717) is 30.8 Å². The molecule has 21 heavy (non-hydrogen) atoms. The standard InChI is InChI=1S/C13H17N3O3S2/c14-12(20)7-9-1-4-11(5-2-9)21(18,19)16-10-3-6-13(17)15-8-10/h1-2,4-5,10,16H,3,6-8H2,(H2,14,20)(H,15,17). The van der Waals surface area contributed by atoms with Gasteiger partial charge in [-0.3, -0.25) is 4.79 Å². The lowest BCUT2D eigenvalue weighted by Gasteiger charge is -2.23. The van der Waals surface area contributed by atoms with Crippen LogP contribution in [0.3, 0.4) is 0 Å². The number of amides is 1. The van der Waals surface area contributed by atoms with Crippen LogP contribution in [0.15, 0.2) is 29.2 Å². The number of carbonyl (C=O) groups excluding carboxylic acids is 1. The first-order valence-electron chi connectivity index (χ1n) is 6.53. The van der Waals surface area contributed by atoms with E-state index in [4.69, 9.17) is 18.0 Å². The maximum Gasteiger partial charge on any atom is 0.240 e. The summed E-state index contributed by atoms with van der Waals surface area (Å²) in [4.78, 5) is 11.6. The minimum Gasteiger partial charge on any atom is -0.393 e. The quantitative estimate of drug-likeness (QED) is 0.665. The smallest absolute Gasteiger partial charge is 0.240 e. The molecule has 1 heterocycles. The molecule has 1 aromatic rings. The third kappa shape index (κ3) is 4.48. The van der Waals surface area contributed by atoms with Gasteiger partial charge in [-0.2, -0.15) is 0 Å². The number of benzene rings is 1. The Kier molecular flexibility index (Phi) is 4.92. The summed E-state index contributed by atoms with van der Waals surface area (Å²) in [6.45, 7) is 0.317. The normalized spacial score (nSPS) is 19.0. The molecule has 1 unspecified atom stereocenters. The Labute approximate surface area is 129 Å². The van der Waals surface area contributed by atoms with Gasteiger partial charge in [0.25, 0.3) is 0 Å². The number of nitrogens with one attached hydrogen (secondary N) is 2. The number of sulfonamides is 1. The predicted molar refractivity (Wildman–Crippen MR) is 83.3 cm³/mol. The zero-order chi connectivity index (χ0) is 15.5. The third-order valence-electron chi connectivity index (χ3n) is 3.20. The van der Waals surface area contributed by atoms with E-state index in [-0.39, 0.29) is 16.8 Å². The molecule has 2 rings (SSSR count). The van der Waals surface area contributed by atoms with Crippen LogP contribution in [0.1, 0.15) is 18.4 Å². The fourth-order valence-corrected chi connectivity index (χ4v) is 3.55. The summed E-state index contributed by atoms with van der Waals surface area (Å²) in [6.07, 6.45) is 1.28. The Morgan fingerprint density at radius 3 is 2.57 bits per heavy atom. The first kappa shape index (κ1) is 15.9. The topological polar surface area (TPSA) is 101 Å². The van der Waals surface area contributed by atoms with Crippen molar-refractivity contribution in [2.45, 2.75) is 30.2 Å². The monoisotopic (exact) mass is 327 g/mol. The van der Waals surface area contributed by atoms with Gasteiger partial charge in [-0.05, 0) is 24.1 Å². The molecule has 6 nitrogen and oxygen atoms in total. The highest BCUT2D eigenvalue weighted by Crippen LogP contribution is 2.13. The molecule has 8 heteroatoms. The van der Waals surface area contributed by atoms with E-state index in [1.54, 1.807) is 12.1 Å². The van der Waals surface area contributed by atoms with Gasteiger partial charge >= 0.3 is 0 Å². The molecule has 0 spiro atoms. The van der Waals surface area contributed by atoms with Gasteiger partial charge in [-0.25, -0.2) is 13.1 Å². The molecule has 0 saturated carbocycles. The van der Waals surface area contributed by atoms with E-state index in [9.17, 15) is 13.2 Å². The summed E-state index contributed by atoms with van der Waals surface area (Å²) in [5, 5.41) is 2.64. The lowest BCUT2D eigenvalue weighted by atomic mass is 10.1. The fraction of sp³-hybridized carbons (Fsp3) is 0.385. The molecule has 1 fully saturated rings. The third-order valence-corrected chi connectivity index (χ3v) is 4.88. The Bertz CT molecular complexity index is 631. The van der Waals surface area contributed by atoms with Gasteiger partial charge in [-0.15, -0.1) is 0 Å². The Balaban J connectivity index is 2.05. The summed E-state index contributed by atoms with van der Waals surface area (Å²) in [5.41, 5.74) is 6.32. The SMILES string of the molecule is NC(=S)Cc1ccc(S(=O)(=O)NC2CCC(=O)NC2)cc1. The van der Waals surface area contributed by atoms with Crippen LogP contribution >= 0.6 is 12.2 Å². The van der Waals surface area contributed by atoms with Gasteiger partial charge in [0.15, 0.2) is 0 Å². The van der Waals surface area contributed by atoms with Gasteiger partial charge in [0.1, 0.15) is 0 Å². The van der Waals surface area contributed by atoms with Gasteiger partial charge in [-0.1, -0.05) is 24.4 Å². The Morgan fingerprint density at radius 1 is 1.38 bits per heavy atom. The summed E-state index contributed by atoms with van der Waals surface area (Å²) >= 11 is 4.81. The number of hydrogen-bond acceptors (Lipinski definition) is 4. The van der Waals surface area contributed by atoms with Gasteiger partial charge < -0.3 is 11.1 Å². The average molecular weight is 327 g/mol. The van der Waals surface area contributed by atoms with Gasteiger partial charge in [0.05, 0.1) is 9.88 Å². The zero-order valence-electron chi connectivity index (χ0n) is 11.3. The van der Waals surface area contributed by atoms with Crippen molar-refractivity contribution in [1.82, 2.24) is 10.0 Å². The van der Waals surface area contributed by atoms with Crippen molar-refractivity contribution in [3.05, 3.63) is 29.8 Å². The van der Waals surface area contributed by atoms with Crippen molar-refractivity contribution in [2.75, 3.05) is 6.54 Å². The number of nitrogens with two attached hydrogens (primary N) is 1. The molecule has 0 aromatic heterocycles. The van der Waals surface area contributed by atoms with E-state index in [2.05, 4.69) is 10.0 Å². The second-order valence-corrected chi connectivity index (χ2v) is 7.19. The lowest BCUT2D eigenvalue weighted by molar-refractivity contribution is -0.122. The Morgan fingerprint density at radius 2 is 2.05 bits per heavy atom. The van der Waals surface area contributed by atoms with E-state index in [1.807, 2.05) is 0 Å². The van der Waals surface area contributed by atoms with Crippen LogP contribution in [0, 0.1) is 0 Å². The van der Waals surface area contributed by atoms with Crippen LogP contribution < -0.4 is 15.8 Å². The van der Waals surface area contributed by atoms with E-state index in [0.717, 1.165) is 5.56 Å². The number of hydrogen-bond donors (Lipinski definition) is 3. The maximum absolute atomic E-state index is 12.2. The van der Waals surface area contributed by atoms with Crippen molar-refractivity contribution < 1.29 is 13.2 Å². The van der Waals surface area contributed by atoms with Crippen LogP contribution in [0.2, 0.25) is 0 Å². The molecule has 1 aliphatic heterocycles. The second-order valence-electron chi connectivity index (χ2n) is 4.95. The van der Waals surface area contributed by atoms with Crippen molar-refractivity contribution in [3.8, 4) is 0 Å². The van der Waals surface area contributed by atoms with Crippen molar-refractivity contribution in [2.24, 2.45) is 5.73 Å². The molecule has 1 atom stereocenters. The van der Waals surface area contributed by atoms with E-state index in [1.165, 1.54) is 12.1 Å². The summed E-state index contributed by atoms with van der Waals surface area (Å²) in [7, 11) is -3.59. The van der Waals surface area contributed by atoms with Gasteiger partial charge in [0, 0.05) is 25.4 Å². The van der Waals surface area contributed by atoms with Crippen LogP contribution in [0.25, 0.3) is 0 Å². The van der Waals surface area contributed by atoms with Crippen LogP contribution in [-0.4, -0.2) is 31.9 Å². The minimum absolute atomic E-state index is 0.0486. The molecule has 4 N–H and O–H groups in total. The molecule has 1 amide bonds. The average Bonchev–Trinajstić information content (AvgIpc) is 2.41. The van der Waals surface area contributed by atoms with Crippen LogP contribution in [-0.2, 0) is 21.2 Å². The van der Waals surface area contributed by atoms with Crippen LogP contribution in [0.5, 0.6) is 0 Å². The molecular formula is C13H17N3O3S2. The first-order valence-corrected chi connectivity index (χ1v) is 8.42. The van der Waals surface area contributed by atoms with Crippen LogP contribution in [0.4, 0.5) is 0 Å². The molecule has 0 radical (unpaired) electrons. The molecule has 1 aromatic carbocycles. The highest BCUT2D eigenvalue weighted by Gasteiger charge is 2.24. The molecular weight excluding hydrogens is 310 g/mol. The molecule has 1 aliphatic rings. The summed E-state index contributed by atoms with van der Waals surface area (Å²) in [5.74, 6) is -0.0486. The van der Waals surface area contributed by atoms with Crippen molar-refractivity contribution in [3.63, 3.8) is 0 Å². The molecule has 0 bridgehead atoms. The van der Waals surface area contributed by atoms with E-state index < -0.39 is 10.0 Å². The second kappa shape index (κ2) is 6.50. The lowest BCUT2D eigenvalue weighted by Crippen LogP contribution is -2.47. The van der Waals surface area contributed by atoms with Gasteiger partial charge in [0.2, 0.25) is 15.9 Å². The van der Waals surface area contributed by atoms with E-state index >= 15 is 0 Å². The highest BCUT2D eigenvalue weighted by atomic mass is 32.2. The minimum atomic E-state index is -3.59. The fourth-order valence-electron chi connectivity index (χ4n) is 2.11. The number of piperidine rings is 1. The summed E-state index contributed by atoms with van der Waals surface area (Å²) < 4.78 is 27.1. The molecule has 114 valence electrons. The number of carbonyl (C=O) groups is 1. The van der Waals surface area contributed by atoms with Crippen molar-refractivity contribution >= 4 is 33.1 Å². The Hall–Kier alpha value is -1.51. The maximum atomic E-state index is 12.2. The first-order chi connectivity index (χ1) is 9.87. The largest absolute Gasteiger partial charge is 0.393 e. The molecule has 0 aliphatic carbocycles. The predicted octanol–water partition coefficient (Wildman–Crippen LogP) is 0.0721. The molecule has 1 saturated heterocycles. The van der Waals surface area contributed by atoms with Crippen molar-refractivity contribution in [1.29, 1.82) is 0 Å². The summed E-state index contributed by atoms with van der Waals surface area (Å²) in [6, 6.07) is 6.16. The highest BCUT2D eigenvalue weighted by molar-refractivity contribution is 7.89. The number of thiocarbonyl (C=S) groups is 1. The number of rotatable bonds is 5.